The molecular weight excluding hydrogens is 390 g/mol. The third-order valence-corrected chi connectivity index (χ3v) is 6.98. The molecule has 3 atom stereocenters. The second kappa shape index (κ2) is 8.85. The summed E-state index contributed by atoms with van der Waals surface area (Å²) in [7, 11) is 1.94. The average molecular weight is 424 g/mol. The van der Waals surface area contributed by atoms with Gasteiger partial charge in [-0.1, -0.05) is 24.3 Å². The number of carbonyl (C=O) groups excluding carboxylic acids is 2. The molecule has 0 saturated heterocycles. The number of aryl methyl sites for hydroxylation is 3. The van der Waals surface area contributed by atoms with Gasteiger partial charge in [0.2, 0.25) is 5.91 Å². The summed E-state index contributed by atoms with van der Waals surface area (Å²) in [5, 5.41) is 4.53. The second-order valence-electron chi connectivity index (χ2n) is 9.05. The van der Waals surface area contributed by atoms with Gasteiger partial charge in [-0.25, -0.2) is 0 Å². The number of amides is 1. The van der Waals surface area contributed by atoms with Gasteiger partial charge in [-0.15, -0.1) is 0 Å². The number of aromatic nitrogens is 2. The highest BCUT2D eigenvalue weighted by atomic mass is 16.5. The number of esters is 1. The summed E-state index contributed by atoms with van der Waals surface area (Å²) in [6.07, 6.45) is 3.42. The molecule has 1 aromatic carbocycles. The summed E-state index contributed by atoms with van der Waals surface area (Å²) in [4.78, 5) is 27.8. The van der Waals surface area contributed by atoms with Crippen molar-refractivity contribution in [1.29, 1.82) is 0 Å². The van der Waals surface area contributed by atoms with Crippen molar-refractivity contribution in [2.75, 3.05) is 13.2 Å². The van der Waals surface area contributed by atoms with Gasteiger partial charge in [0.15, 0.2) is 0 Å². The van der Waals surface area contributed by atoms with E-state index in [0.717, 1.165) is 42.6 Å². The van der Waals surface area contributed by atoms with E-state index >= 15 is 0 Å². The molecule has 4 rings (SSSR count). The third kappa shape index (κ3) is 4.53. The first-order chi connectivity index (χ1) is 14.9. The van der Waals surface area contributed by atoms with E-state index < -0.39 is 0 Å². The van der Waals surface area contributed by atoms with E-state index in [9.17, 15) is 9.59 Å². The van der Waals surface area contributed by atoms with Gasteiger partial charge in [0.05, 0.1) is 18.2 Å². The molecule has 31 heavy (non-hydrogen) atoms. The Morgan fingerprint density at radius 2 is 1.97 bits per heavy atom. The summed E-state index contributed by atoms with van der Waals surface area (Å²) in [6.45, 7) is 7.44. The van der Waals surface area contributed by atoms with Crippen LogP contribution in [0.15, 0.2) is 24.3 Å². The molecule has 1 saturated carbocycles. The Hall–Kier alpha value is -2.63. The fourth-order valence-corrected chi connectivity index (χ4v) is 4.91. The highest BCUT2D eigenvalue weighted by Gasteiger charge is 2.46. The summed E-state index contributed by atoms with van der Waals surface area (Å²) >= 11 is 0. The van der Waals surface area contributed by atoms with Gasteiger partial charge < -0.3 is 9.64 Å². The molecule has 166 valence electrons. The Morgan fingerprint density at radius 1 is 1.23 bits per heavy atom. The molecule has 0 bridgehead atoms. The SMILES string of the molecule is CCOC(=O)[C@@H]1C[C@H]1CN(Cc1c(C)nn(C)c1C)C(=O)[C@@H]1CCc2ccccc2C1. The zero-order valence-corrected chi connectivity index (χ0v) is 19.1. The lowest BCUT2D eigenvalue weighted by Gasteiger charge is -2.31. The van der Waals surface area contributed by atoms with Crippen LogP contribution in [0.3, 0.4) is 0 Å². The van der Waals surface area contributed by atoms with Crippen LogP contribution in [-0.2, 0) is 40.8 Å². The lowest BCUT2D eigenvalue weighted by Crippen LogP contribution is -2.39. The van der Waals surface area contributed by atoms with Gasteiger partial charge in [-0.05, 0) is 63.5 Å². The van der Waals surface area contributed by atoms with E-state index in [2.05, 4.69) is 29.4 Å². The van der Waals surface area contributed by atoms with Crippen molar-refractivity contribution in [3.05, 3.63) is 52.3 Å². The first-order valence-electron chi connectivity index (χ1n) is 11.4. The predicted molar refractivity (Wildman–Crippen MR) is 118 cm³/mol. The number of rotatable bonds is 7. The molecule has 1 aromatic heterocycles. The molecule has 0 N–H and O–H groups in total. The number of fused-ring (bicyclic) bond motifs is 1. The van der Waals surface area contributed by atoms with E-state index in [4.69, 9.17) is 4.74 Å². The van der Waals surface area contributed by atoms with Gasteiger partial charge in [-0.3, -0.25) is 14.3 Å². The molecule has 2 aliphatic rings. The minimum Gasteiger partial charge on any atom is -0.466 e. The van der Waals surface area contributed by atoms with Crippen LogP contribution in [0.25, 0.3) is 0 Å². The van der Waals surface area contributed by atoms with E-state index in [1.807, 2.05) is 37.4 Å². The normalized spacial score (nSPS) is 22.0. The number of hydrogen-bond acceptors (Lipinski definition) is 4. The van der Waals surface area contributed by atoms with Crippen molar-refractivity contribution in [3.8, 4) is 0 Å². The average Bonchev–Trinajstić information content (AvgIpc) is 3.49. The van der Waals surface area contributed by atoms with E-state index in [1.165, 1.54) is 11.1 Å². The van der Waals surface area contributed by atoms with Crippen LogP contribution >= 0.6 is 0 Å². The fraction of sp³-hybridized carbons (Fsp3) is 0.560. The minimum absolute atomic E-state index is 0.00743. The molecule has 0 radical (unpaired) electrons. The maximum Gasteiger partial charge on any atom is 0.309 e. The zero-order valence-electron chi connectivity index (χ0n) is 19.1. The first kappa shape index (κ1) is 21.6. The summed E-state index contributed by atoms with van der Waals surface area (Å²) < 4.78 is 7.08. The molecule has 1 amide bonds. The van der Waals surface area contributed by atoms with Crippen LogP contribution < -0.4 is 0 Å². The van der Waals surface area contributed by atoms with Crippen molar-refractivity contribution < 1.29 is 14.3 Å². The van der Waals surface area contributed by atoms with Gasteiger partial charge in [0.25, 0.3) is 0 Å². The van der Waals surface area contributed by atoms with Crippen molar-refractivity contribution >= 4 is 11.9 Å². The molecule has 6 nitrogen and oxygen atoms in total. The standard InChI is InChI=1S/C25H33N3O3/c1-5-31-25(30)22-13-21(22)14-28(15-23-16(2)26-27(4)17(23)3)24(29)20-11-10-18-8-6-7-9-19(18)12-20/h6-9,20-22H,5,10-15H2,1-4H3/t20-,21+,22-/m1/s1. The van der Waals surface area contributed by atoms with Gasteiger partial charge in [0, 0.05) is 37.3 Å². The van der Waals surface area contributed by atoms with Crippen molar-refractivity contribution in [2.24, 2.45) is 24.8 Å². The van der Waals surface area contributed by atoms with E-state index in [-0.39, 0.29) is 29.6 Å². The lowest BCUT2D eigenvalue weighted by molar-refractivity contribution is -0.145. The van der Waals surface area contributed by atoms with Crippen molar-refractivity contribution in [1.82, 2.24) is 14.7 Å². The van der Waals surface area contributed by atoms with Gasteiger partial charge in [0.1, 0.15) is 0 Å². The Morgan fingerprint density at radius 3 is 2.65 bits per heavy atom. The molecule has 6 heteroatoms. The van der Waals surface area contributed by atoms with Gasteiger partial charge >= 0.3 is 5.97 Å². The largest absolute Gasteiger partial charge is 0.466 e. The predicted octanol–water partition coefficient (Wildman–Crippen LogP) is 3.37. The van der Waals surface area contributed by atoms with Crippen LogP contribution in [0.4, 0.5) is 0 Å². The minimum atomic E-state index is -0.125. The summed E-state index contributed by atoms with van der Waals surface area (Å²) in [6, 6.07) is 8.44. The molecular formula is C25H33N3O3. The first-order valence-corrected chi connectivity index (χ1v) is 11.4. The molecule has 0 unspecified atom stereocenters. The molecule has 2 aromatic rings. The van der Waals surface area contributed by atoms with E-state index in [0.29, 0.717) is 19.7 Å². The maximum atomic E-state index is 13.7. The maximum absolute atomic E-state index is 13.7. The monoisotopic (exact) mass is 423 g/mol. The quantitative estimate of drug-likeness (QED) is 0.641. The number of benzene rings is 1. The highest BCUT2D eigenvalue weighted by Crippen LogP contribution is 2.41. The molecule has 0 aliphatic heterocycles. The second-order valence-corrected chi connectivity index (χ2v) is 9.05. The van der Waals surface area contributed by atoms with Gasteiger partial charge in [-0.2, -0.15) is 5.10 Å². The summed E-state index contributed by atoms with van der Waals surface area (Å²) in [5.41, 5.74) is 5.81. The van der Waals surface area contributed by atoms with Crippen molar-refractivity contribution in [3.63, 3.8) is 0 Å². The Labute approximate surface area is 184 Å². The zero-order chi connectivity index (χ0) is 22.1. The van der Waals surface area contributed by atoms with Crippen LogP contribution in [-0.4, -0.2) is 39.7 Å². The Balaban J connectivity index is 1.52. The van der Waals surface area contributed by atoms with Crippen LogP contribution in [0.2, 0.25) is 0 Å². The van der Waals surface area contributed by atoms with Crippen molar-refractivity contribution in [2.45, 2.75) is 53.0 Å². The topological polar surface area (TPSA) is 64.4 Å². The molecule has 1 heterocycles. The number of nitrogens with zero attached hydrogens (tertiary/aromatic N) is 3. The highest BCUT2D eigenvalue weighted by molar-refractivity contribution is 5.80. The molecule has 1 fully saturated rings. The van der Waals surface area contributed by atoms with Crippen LogP contribution in [0.1, 0.15) is 47.8 Å². The fourth-order valence-electron chi connectivity index (χ4n) is 4.91. The van der Waals surface area contributed by atoms with Crippen LogP contribution in [0.5, 0.6) is 0 Å². The molecule has 2 aliphatic carbocycles. The lowest BCUT2D eigenvalue weighted by atomic mass is 9.83. The van der Waals surface area contributed by atoms with E-state index in [1.54, 1.807) is 0 Å². The van der Waals surface area contributed by atoms with Crippen LogP contribution in [0, 0.1) is 31.6 Å². The number of ether oxygens (including phenoxy) is 1. The Kier molecular flexibility index (Phi) is 6.17. The molecule has 0 spiro atoms. The number of hydrogen-bond donors (Lipinski definition) is 0. The smallest absolute Gasteiger partial charge is 0.309 e. The Bertz CT molecular complexity index is 980. The third-order valence-electron chi connectivity index (χ3n) is 6.98. The summed E-state index contributed by atoms with van der Waals surface area (Å²) in [5.74, 6) is 0.188. The number of carbonyl (C=O) groups is 2.